The average molecular weight is 423 g/mol. The second kappa shape index (κ2) is 8.35. The van der Waals surface area contributed by atoms with Crippen LogP contribution in [-0.2, 0) is 6.54 Å². The molecule has 164 valence electrons. The van der Waals surface area contributed by atoms with Crippen LogP contribution in [0, 0.1) is 0 Å². The summed E-state index contributed by atoms with van der Waals surface area (Å²) in [5, 5.41) is 1.90. The van der Waals surface area contributed by atoms with Gasteiger partial charge in [-0.15, -0.1) is 0 Å². The highest BCUT2D eigenvalue weighted by atomic mass is 16.5. The highest BCUT2D eigenvalue weighted by Crippen LogP contribution is 2.38. The van der Waals surface area contributed by atoms with Crippen molar-refractivity contribution in [3.8, 4) is 11.5 Å². The second-order valence-corrected chi connectivity index (χ2v) is 8.47. The van der Waals surface area contributed by atoms with Crippen molar-refractivity contribution in [2.75, 3.05) is 27.8 Å². The first-order chi connectivity index (χ1) is 14.8. The van der Waals surface area contributed by atoms with Gasteiger partial charge in [-0.1, -0.05) is 0 Å². The summed E-state index contributed by atoms with van der Waals surface area (Å²) in [7, 11) is 5.36. The number of carbonyl (C=O) groups is 2. The van der Waals surface area contributed by atoms with E-state index in [1.165, 1.54) is 12.8 Å². The van der Waals surface area contributed by atoms with Crippen LogP contribution in [0.1, 0.15) is 53.8 Å². The molecule has 0 unspecified atom stereocenters. The molecule has 0 N–H and O–H groups in total. The van der Waals surface area contributed by atoms with Crippen LogP contribution in [0.25, 0.3) is 21.8 Å². The fourth-order valence-electron chi connectivity index (χ4n) is 4.90. The Hall–Kier alpha value is -2.86. The number of nitrogens with zero attached hydrogens (tertiary/aromatic N) is 2. The molecule has 0 bridgehead atoms. The molecule has 1 atom stereocenters. The van der Waals surface area contributed by atoms with Gasteiger partial charge in [-0.25, -0.2) is 0 Å². The van der Waals surface area contributed by atoms with E-state index in [9.17, 15) is 9.59 Å². The Bertz CT molecular complexity index is 1100. The molecule has 3 aromatic rings. The van der Waals surface area contributed by atoms with E-state index in [0.717, 1.165) is 41.3 Å². The van der Waals surface area contributed by atoms with Gasteiger partial charge in [-0.05, 0) is 58.8 Å². The van der Waals surface area contributed by atoms with Crippen molar-refractivity contribution < 1.29 is 19.1 Å². The van der Waals surface area contributed by atoms with Gasteiger partial charge in [0.15, 0.2) is 11.6 Å². The molecule has 0 saturated carbocycles. The number of aryl methyl sites for hydroxylation is 1. The largest absolute Gasteiger partial charge is 0.496 e. The molecule has 6 heteroatoms. The Balaban J connectivity index is 1.97. The van der Waals surface area contributed by atoms with Crippen molar-refractivity contribution in [1.82, 2.24) is 9.47 Å². The summed E-state index contributed by atoms with van der Waals surface area (Å²) in [6.45, 7) is 5.06. The average Bonchev–Trinajstić information content (AvgIpc) is 3.29. The van der Waals surface area contributed by atoms with E-state index >= 15 is 0 Å². The van der Waals surface area contributed by atoms with Crippen LogP contribution in [0.15, 0.2) is 24.3 Å². The lowest BCUT2D eigenvalue weighted by Crippen LogP contribution is -2.26. The van der Waals surface area contributed by atoms with E-state index in [0.29, 0.717) is 28.7 Å². The summed E-state index contributed by atoms with van der Waals surface area (Å²) in [5.74, 6) is 1.04. The van der Waals surface area contributed by atoms with Gasteiger partial charge in [0, 0.05) is 35.5 Å². The Morgan fingerprint density at radius 2 is 1.45 bits per heavy atom. The lowest BCUT2D eigenvalue weighted by molar-refractivity contribution is 0.100. The van der Waals surface area contributed by atoms with Crippen molar-refractivity contribution >= 4 is 33.4 Å². The first-order valence-electron chi connectivity index (χ1n) is 10.8. The van der Waals surface area contributed by atoms with Crippen LogP contribution in [0.3, 0.4) is 0 Å². The molecule has 6 nitrogen and oxygen atoms in total. The van der Waals surface area contributed by atoms with Crippen LogP contribution in [0.5, 0.6) is 11.5 Å². The van der Waals surface area contributed by atoms with Crippen LogP contribution >= 0.6 is 0 Å². The van der Waals surface area contributed by atoms with E-state index in [1.807, 2.05) is 24.3 Å². The minimum absolute atomic E-state index is 0.0486. The molecule has 0 radical (unpaired) electrons. The van der Waals surface area contributed by atoms with E-state index in [1.54, 1.807) is 28.1 Å². The molecule has 1 aromatic heterocycles. The van der Waals surface area contributed by atoms with Crippen LogP contribution in [0.4, 0.5) is 0 Å². The molecule has 2 heterocycles. The van der Waals surface area contributed by atoms with Gasteiger partial charge in [0.2, 0.25) is 0 Å². The monoisotopic (exact) mass is 422 g/mol. The molecule has 2 aromatic carbocycles. The molecule has 1 aliphatic heterocycles. The number of rotatable bonds is 7. The van der Waals surface area contributed by atoms with Gasteiger partial charge in [-0.3, -0.25) is 9.59 Å². The minimum atomic E-state index is -0.0486. The zero-order valence-corrected chi connectivity index (χ0v) is 18.9. The van der Waals surface area contributed by atoms with E-state index < -0.39 is 0 Å². The minimum Gasteiger partial charge on any atom is -0.496 e. The summed E-state index contributed by atoms with van der Waals surface area (Å²) in [6, 6.07) is 8.25. The number of hydrogen-bond acceptors (Lipinski definition) is 5. The molecule has 0 spiro atoms. The first kappa shape index (κ1) is 21.4. The number of methoxy groups -OCH3 is 2. The number of ether oxygens (including phenoxy) is 2. The summed E-state index contributed by atoms with van der Waals surface area (Å²) in [6.07, 6.45) is 3.48. The molecule has 0 aliphatic carbocycles. The van der Waals surface area contributed by atoms with Gasteiger partial charge in [0.1, 0.15) is 11.5 Å². The number of ketones is 2. The van der Waals surface area contributed by atoms with E-state index in [2.05, 4.69) is 16.5 Å². The second-order valence-electron chi connectivity index (χ2n) is 8.47. The smallest absolute Gasteiger partial charge is 0.163 e. The van der Waals surface area contributed by atoms with Gasteiger partial charge < -0.3 is 18.9 Å². The summed E-state index contributed by atoms with van der Waals surface area (Å²) < 4.78 is 13.4. The normalized spacial score (nSPS) is 16.9. The number of likely N-dealkylation sites (tertiary alicyclic amines) is 1. The molecular formula is C25H30N2O4. The number of carbonyl (C=O) groups excluding carboxylic acids is 2. The molecular weight excluding hydrogens is 392 g/mol. The first-order valence-corrected chi connectivity index (χ1v) is 10.8. The Kier molecular flexibility index (Phi) is 5.75. The van der Waals surface area contributed by atoms with Crippen molar-refractivity contribution in [3.05, 3.63) is 35.4 Å². The van der Waals surface area contributed by atoms with Gasteiger partial charge in [0.05, 0.1) is 36.4 Å². The Morgan fingerprint density at radius 1 is 0.935 bits per heavy atom. The van der Waals surface area contributed by atoms with Gasteiger partial charge in [-0.2, -0.15) is 0 Å². The van der Waals surface area contributed by atoms with Crippen molar-refractivity contribution in [3.63, 3.8) is 0 Å². The maximum absolute atomic E-state index is 12.3. The highest BCUT2D eigenvalue weighted by Gasteiger charge is 2.23. The number of Topliss-reactive ketones (excluding diaryl/α,β-unsaturated/α-hetero) is 2. The number of aromatic nitrogens is 1. The predicted molar refractivity (Wildman–Crippen MR) is 123 cm³/mol. The zero-order chi connectivity index (χ0) is 22.3. The highest BCUT2D eigenvalue weighted by molar-refractivity contribution is 6.14. The standard InChI is InChI=1S/C25H30N2O4/c1-15(28)18-11-20-21-12-19(16(2)29)25(31-5)14-23(21)27(22(20)13-24(18)30-4)10-8-17-7-6-9-26(17)3/h11-14,17H,6-10H2,1-5H3/t17-/m1/s1. The third-order valence-corrected chi connectivity index (χ3v) is 6.62. The fourth-order valence-corrected chi connectivity index (χ4v) is 4.90. The third kappa shape index (κ3) is 3.69. The quantitative estimate of drug-likeness (QED) is 0.517. The summed E-state index contributed by atoms with van der Waals surface area (Å²) in [4.78, 5) is 26.9. The van der Waals surface area contributed by atoms with Crippen molar-refractivity contribution in [2.24, 2.45) is 0 Å². The number of fused-ring (bicyclic) bond motifs is 3. The van der Waals surface area contributed by atoms with Crippen molar-refractivity contribution in [1.29, 1.82) is 0 Å². The maximum atomic E-state index is 12.3. The fraction of sp³-hybridized carbons (Fsp3) is 0.440. The predicted octanol–water partition coefficient (Wildman–Crippen LogP) is 4.70. The zero-order valence-electron chi connectivity index (χ0n) is 18.9. The summed E-state index contributed by atoms with van der Waals surface area (Å²) in [5.41, 5.74) is 3.09. The summed E-state index contributed by atoms with van der Waals surface area (Å²) >= 11 is 0. The maximum Gasteiger partial charge on any atom is 0.163 e. The molecule has 4 rings (SSSR count). The molecule has 31 heavy (non-hydrogen) atoms. The lowest BCUT2D eigenvalue weighted by Gasteiger charge is -2.20. The number of hydrogen-bond donors (Lipinski definition) is 0. The SMILES string of the molecule is COc1cc2c(cc1C(C)=O)c1cc(C(C)=O)c(OC)cc1n2CC[C@H]1CCCN1C. The third-order valence-electron chi connectivity index (χ3n) is 6.62. The molecule has 0 amide bonds. The molecule has 1 fully saturated rings. The van der Waals surface area contributed by atoms with Gasteiger partial charge >= 0.3 is 0 Å². The van der Waals surface area contributed by atoms with Crippen molar-refractivity contribution in [2.45, 2.75) is 45.7 Å². The van der Waals surface area contributed by atoms with E-state index in [-0.39, 0.29) is 11.6 Å². The van der Waals surface area contributed by atoms with Crippen LogP contribution in [-0.4, -0.2) is 54.9 Å². The van der Waals surface area contributed by atoms with Gasteiger partial charge in [0.25, 0.3) is 0 Å². The topological polar surface area (TPSA) is 60.8 Å². The number of benzene rings is 2. The molecule has 1 aliphatic rings. The molecule has 1 saturated heterocycles. The Labute approximate surface area is 182 Å². The lowest BCUT2D eigenvalue weighted by atomic mass is 10.0. The Morgan fingerprint density at radius 3 is 1.84 bits per heavy atom. The van der Waals surface area contributed by atoms with Crippen LogP contribution < -0.4 is 9.47 Å². The van der Waals surface area contributed by atoms with Crippen LogP contribution in [0.2, 0.25) is 0 Å². The van der Waals surface area contributed by atoms with E-state index in [4.69, 9.17) is 9.47 Å².